The summed E-state index contributed by atoms with van der Waals surface area (Å²) in [5.74, 6) is 0.695. The van der Waals surface area contributed by atoms with Gasteiger partial charge in [0, 0.05) is 20.1 Å². The maximum Gasteiger partial charge on any atom is 0.233 e. The van der Waals surface area contributed by atoms with Gasteiger partial charge in [-0.1, -0.05) is 0 Å². The van der Waals surface area contributed by atoms with Crippen molar-refractivity contribution in [2.45, 2.75) is 0 Å². The fraction of sp³-hybridized carbons (Fsp3) is 0.857. The highest BCUT2D eigenvalue weighted by Crippen LogP contribution is 2.12. The van der Waals surface area contributed by atoms with E-state index in [9.17, 15) is 4.79 Å². The van der Waals surface area contributed by atoms with Crippen LogP contribution in [0.3, 0.4) is 0 Å². The molecule has 1 fully saturated rings. The third kappa shape index (κ3) is 2.17. The molecular weight excluding hydrogens is 142 g/mol. The van der Waals surface area contributed by atoms with Crippen molar-refractivity contribution in [3.63, 3.8) is 0 Å². The van der Waals surface area contributed by atoms with E-state index >= 15 is 0 Å². The van der Waals surface area contributed by atoms with Gasteiger partial charge in [0.2, 0.25) is 5.91 Å². The number of amides is 1. The minimum absolute atomic E-state index is 0.0838. The van der Waals surface area contributed by atoms with Gasteiger partial charge < -0.3 is 11.1 Å². The van der Waals surface area contributed by atoms with E-state index in [2.05, 4.69) is 10.2 Å². The van der Waals surface area contributed by atoms with E-state index in [0.29, 0.717) is 12.5 Å². The lowest BCUT2D eigenvalue weighted by Crippen LogP contribution is -2.52. The summed E-state index contributed by atoms with van der Waals surface area (Å²) in [6, 6.07) is 0. The third-order valence-electron chi connectivity index (χ3n) is 2.01. The highest BCUT2D eigenvalue weighted by Gasteiger charge is 2.26. The number of carbonyl (C=O) groups is 1. The maximum atomic E-state index is 10.8. The Morgan fingerprint density at radius 1 is 1.73 bits per heavy atom. The second-order valence-corrected chi connectivity index (χ2v) is 2.97. The normalized spacial score (nSPS) is 19.5. The van der Waals surface area contributed by atoms with E-state index in [1.807, 2.05) is 0 Å². The number of likely N-dealkylation sites (tertiary alicyclic amines) is 1. The standard InChI is InChI=1S/C7H15N3O/c1-9-7(11)5-10-3-6(2-8)4-10/h6H,2-5,8H2,1H3,(H,9,11). The summed E-state index contributed by atoms with van der Waals surface area (Å²) in [7, 11) is 1.66. The number of nitrogens with one attached hydrogen (secondary N) is 1. The zero-order chi connectivity index (χ0) is 8.27. The molecule has 0 saturated carbocycles. The number of hydrogen-bond acceptors (Lipinski definition) is 3. The van der Waals surface area contributed by atoms with Crippen LogP contribution in [-0.2, 0) is 4.79 Å². The molecule has 3 N–H and O–H groups in total. The Morgan fingerprint density at radius 3 is 2.82 bits per heavy atom. The molecule has 1 saturated heterocycles. The molecule has 0 bridgehead atoms. The van der Waals surface area contributed by atoms with Crippen molar-refractivity contribution >= 4 is 5.91 Å². The molecule has 0 atom stereocenters. The molecule has 0 aromatic rings. The van der Waals surface area contributed by atoms with Crippen LogP contribution in [0, 0.1) is 5.92 Å². The molecule has 0 aromatic heterocycles. The summed E-state index contributed by atoms with van der Waals surface area (Å²) in [4.78, 5) is 12.9. The molecule has 0 aromatic carbocycles. The second kappa shape index (κ2) is 3.69. The van der Waals surface area contributed by atoms with Crippen LogP contribution in [0.25, 0.3) is 0 Å². The highest BCUT2D eigenvalue weighted by molar-refractivity contribution is 5.77. The first kappa shape index (κ1) is 8.49. The average molecular weight is 157 g/mol. The number of hydrogen-bond donors (Lipinski definition) is 2. The van der Waals surface area contributed by atoms with E-state index in [4.69, 9.17) is 5.73 Å². The van der Waals surface area contributed by atoms with Crippen LogP contribution in [0.2, 0.25) is 0 Å². The van der Waals surface area contributed by atoms with Crippen molar-refractivity contribution in [2.75, 3.05) is 33.2 Å². The molecule has 0 radical (unpaired) electrons. The van der Waals surface area contributed by atoms with E-state index in [0.717, 1.165) is 19.6 Å². The molecule has 1 rings (SSSR count). The zero-order valence-electron chi connectivity index (χ0n) is 6.84. The Labute approximate surface area is 66.7 Å². The fourth-order valence-corrected chi connectivity index (χ4v) is 1.24. The van der Waals surface area contributed by atoms with Crippen molar-refractivity contribution in [3.8, 4) is 0 Å². The molecule has 1 aliphatic heterocycles. The molecule has 64 valence electrons. The van der Waals surface area contributed by atoms with Crippen molar-refractivity contribution in [1.82, 2.24) is 10.2 Å². The Bertz CT molecular complexity index is 143. The first-order valence-corrected chi connectivity index (χ1v) is 3.89. The third-order valence-corrected chi connectivity index (χ3v) is 2.01. The molecule has 4 heteroatoms. The molecule has 1 aliphatic rings. The molecule has 11 heavy (non-hydrogen) atoms. The summed E-state index contributed by atoms with van der Waals surface area (Å²) in [5.41, 5.74) is 5.43. The number of carbonyl (C=O) groups excluding carboxylic acids is 1. The molecule has 1 amide bonds. The van der Waals surface area contributed by atoms with Crippen LogP contribution in [0.4, 0.5) is 0 Å². The molecule has 1 heterocycles. The lowest BCUT2D eigenvalue weighted by Gasteiger charge is -2.37. The molecule has 4 nitrogen and oxygen atoms in total. The van der Waals surface area contributed by atoms with Crippen LogP contribution in [0.1, 0.15) is 0 Å². The Balaban J connectivity index is 2.08. The van der Waals surface area contributed by atoms with Crippen LogP contribution in [0.5, 0.6) is 0 Å². The fourth-order valence-electron chi connectivity index (χ4n) is 1.24. The van der Waals surface area contributed by atoms with Gasteiger partial charge >= 0.3 is 0 Å². The first-order valence-electron chi connectivity index (χ1n) is 3.89. The zero-order valence-corrected chi connectivity index (χ0v) is 6.84. The minimum atomic E-state index is 0.0838. The van der Waals surface area contributed by atoms with Gasteiger partial charge in [-0.25, -0.2) is 0 Å². The summed E-state index contributed by atoms with van der Waals surface area (Å²) >= 11 is 0. The molecule has 0 unspecified atom stereocenters. The smallest absolute Gasteiger partial charge is 0.233 e. The predicted molar refractivity (Wildman–Crippen MR) is 43.1 cm³/mol. The maximum absolute atomic E-state index is 10.8. The molecular formula is C7H15N3O. The number of rotatable bonds is 3. The topological polar surface area (TPSA) is 58.4 Å². The van der Waals surface area contributed by atoms with Crippen molar-refractivity contribution in [2.24, 2.45) is 11.7 Å². The average Bonchev–Trinajstić information content (AvgIpc) is 1.95. The van der Waals surface area contributed by atoms with E-state index < -0.39 is 0 Å². The van der Waals surface area contributed by atoms with Gasteiger partial charge in [-0.3, -0.25) is 9.69 Å². The van der Waals surface area contributed by atoms with Gasteiger partial charge in [0.15, 0.2) is 0 Å². The van der Waals surface area contributed by atoms with Gasteiger partial charge in [-0.2, -0.15) is 0 Å². The Hall–Kier alpha value is -0.610. The molecule has 0 aliphatic carbocycles. The Kier molecular flexibility index (Phi) is 2.84. The van der Waals surface area contributed by atoms with Gasteiger partial charge in [0.1, 0.15) is 0 Å². The molecule has 0 spiro atoms. The van der Waals surface area contributed by atoms with Crippen molar-refractivity contribution in [1.29, 1.82) is 0 Å². The lowest BCUT2D eigenvalue weighted by molar-refractivity contribution is -0.123. The lowest BCUT2D eigenvalue weighted by atomic mass is 10.0. The van der Waals surface area contributed by atoms with Crippen molar-refractivity contribution in [3.05, 3.63) is 0 Å². The van der Waals surface area contributed by atoms with Gasteiger partial charge in [0.05, 0.1) is 6.54 Å². The number of nitrogens with zero attached hydrogens (tertiary/aromatic N) is 1. The monoisotopic (exact) mass is 157 g/mol. The van der Waals surface area contributed by atoms with Crippen LogP contribution >= 0.6 is 0 Å². The number of likely N-dealkylation sites (N-methyl/N-ethyl adjacent to an activating group) is 1. The highest BCUT2D eigenvalue weighted by atomic mass is 16.1. The summed E-state index contributed by atoms with van der Waals surface area (Å²) in [5, 5.41) is 2.59. The predicted octanol–water partition coefficient (Wildman–Crippen LogP) is -1.38. The first-order chi connectivity index (χ1) is 5.26. The van der Waals surface area contributed by atoms with Crippen LogP contribution in [-0.4, -0.2) is 44.0 Å². The Morgan fingerprint density at radius 2 is 2.36 bits per heavy atom. The number of nitrogens with two attached hydrogens (primary N) is 1. The van der Waals surface area contributed by atoms with Crippen molar-refractivity contribution < 1.29 is 4.79 Å². The van der Waals surface area contributed by atoms with Gasteiger partial charge in [-0.05, 0) is 12.5 Å². The van der Waals surface area contributed by atoms with Crippen LogP contribution in [0.15, 0.2) is 0 Å². The minimum Gasteiger partial charge on any atom is -0.358 e. The van der Waals surface area contributed by atoms with Gasteiger partial charge in [-0.15, -0.1) is 0 Å². The summed E-state index contributed by atoms with van der Waals surface area (Å²) in [6.07, 6.45) is 0. The van der Waals surface area contributed by atoms with E-state index in [-0.39, 0.29) is 5.91 Å². The largest absolute Gasteiger partial charge is 0.358 e. The second-order valence-electron chi connectivity index (χ2n) is 2.97. The van der Waals surface area contributed by atoms with E-state index in [1.54, 1.807) is 7.05 Å². The quantitative estimate of drug-likeness (QED) is 0.531. The summed E-state index contributed by atoms with van der Waals surface area (Å²) < 4.78 is 0. The summed E-state index contributed by atoms with van der Waals surface area (Å²) in [6.45, 7) is 3.21. The van der Waals surface area contributed by atoms with E-state index in [1.165, 1.54) is 0 Å². The van der Waals surface area contributed by atoms with Gasteiger partial charge in [0.25, 0.3) is 0 Å². The SMILES string of the molecule is CNC(=O)CN1CC(CN)C1. The van der Waals surface area contributed by atoms with Crippen LogP contribution < -0.4 is 11.1 Å².